The molecule has 0 radical (unpaired) electrons. The Labute approximate surface area is 465 Å². The first kappa shape index (κ1) is 56.4. The number of nitrogens with two attached hydrogens (primary N) is 3. The number of primary amides is 1. The van der Waals surface area contributed by atoms with Gasteiger partial charge in [-0.3, -0.25) is 24.2 Å². The summed E-state index contributed by atoms with van der Waals surface area (Å²) in [7, 11) is 0. The third-order valence-corrected chi connectivity index (χ3v) is 13.3. The van der Waals surface area contributed by atoms with Crippen LogP contribution in [0.4, 0.5) is 21.2 Å². The van der Waals surface area contributed by atoms with Crippen LogP contribution in [0.1, 0.15) is 145 Å². The van der Waals surface area contributed by atoms with E-state index in [-0.39, 0.29) is 40.4 Å². The summed E-state index contributed by atoms with van der Waals surface area (Å²) in [6.07, 6.45) is 6.72. The number of rotatable bonds is 10. The molecule has 2 aliphatic rings. The summed E-state index contributed by atoms with van der Waals surface area (Å²) in [5.74, 6) is 11.4. The summed E-state index contributed by atoms with van der Waals surface area (Å²) in [5.41, 5.74) is 6.34. The van der Waals surface area contributed by atoms with Gasteiger partial charge in [-0.2, -0.15) is 0 Å². The van der Waals surface area contributed by atoms with Crippen LogP contribution < -0.4 is 28.1 Å². The van der Waals surface area contributed by atoms with Gasteiger partial charge in [0.2, 0.25) is 0 Å². The Hall–Kier alpha value is -7.36. The van der Waals surface area contributed by atoms with E-state index in [1.807, 2.05) is 12.1 Å². The quantitative estimate of drug-likeness (QED) is 0.0552. The van der Waals surface area contributed by atoms with Gasteiger partial charge in [-0.05, 0) is 174 Å². The number of likely N-dealkylation sites (tertiary alicyclic amines) is 2. The average Bonchev–Trinajstić information content (AvgIpc) is 3.89. The highest BCUT2D eigenvalue weighted by atomic mass is 127. The van der Waals surface area contributed by atoms with E-state index >= 15 is 0 Å². The molecule has 2 aromatic carbocycles. The summed E-state index contributed by atoms with van der Waals surface area (Å²) in [4.78, 5) is 96.6. The van der Waals surface area contributed by atoms with Crippen molar-refractivity contribution < 1.29 is 43.3 Å². The van der Waals surface area contributed by atoms with E-state index in [0.29, 0.717) is 65.6 Å². The van der Waals surface area contributed by atoms with E-state index in [9.17, 15) is 33.9 Å². The minimum atomic E-state index is -1.26. The van der Waals surface area contributed by atoms with Crippen molar-refractivity contribution >= 4 is 92.7 Å². The summed E-state index contributed by atoms with van der Waals surface area (Å²) in [5, 5.41) is 15.5. The molecule has 24 heteroatoms. The van der Waals surface area contributed by atoms with Gasteiger partial charge in [-0.25, -0.2) is 43.7 Å². The van der Waals surface area contributed by atoms with Crippen LogP contribution in [0, 0.1) is 7.14 Å². The number of nitrogens with zero attached hydrogens (tertiary/aromatic N) is 8. The molecule has 0 spiro atoms. The van der Waals surface area contributed by atoms with Crippen molar-refractivity contribution in [1.29, 1.82) is 0 Å². The normalized spacial score (nSPS) is 15.7. The third-order valence-electron chi connectivity index (χ3n) is 11.9. The largest absolute Gasteiger partial charge is 0.476 e. The second-order valence-corrected chi connectivity index (χ2v) is 22.4. The Morgan fingerprint density at radius 2 is 0.987 bits per heavy atom. The van der Waals surface area contributed by atoms with Gasteiger partial charge in [0.25, 0.3) is 17.7 Å². The number of hydrogen-bond acceptors (Lipinski definition) is 14. The lowest BCUT2D eigenvalue weighted by Gasteiger charge is -2.36. The molecule has 0 saturated carbocycles. The van der Waals surface area contributed by atoms with Crippen molar-refractivity contribution in [2.45, 2.75) is 103 Å². The summed E-state index contributed by atoms with van der Waals surface area (Å²) < 4.78 is 15.2. The van der Waals surface area contributed by atoms with Crippen LogP contribution in [0.15, 0.2) is 85.2 Å². The molecule has 2 fully saturated rings. The SMILES string of the molecule is CC(C)(C)OC(=O)N1CCCC[C@H]1c1nc(-c2ccc(C(=O)Nc3cc(I)ccn3)cc2)c(C(=O)O)n1N.CC(C)(C)OC(=O)N1CCCC[C@H]1c1nc(-c2ccc(C(=O)Nc3cc(I)ccn3)cc2)c(C(N)=O)n1N. The van der Waals surface area contributed by atoms with Crippen LogP contribution in [0.5, 0.6) is 0 Å². The van der Waals surface area contributed by atoms with E-state index in [0.717, 1.165) is 42.2 Å². The molecule has 9 N–H and O–H groups in total. The predicted molar refractivity (Wildman–Crippen MR) is 300 cm³/mol. The number of pyridine rings is 2. The van der Waals surface area contributed by atoms with Crippen molar-refractivity contribution in [2.75, 3.05) is 35.4 Å². The second kappa shape index (κ2) is 23.7. The Morgan fingerprint density at radius 3 is 1.34 bits per heavy atom. The number of halogens is 2. The number of aromatic carboxylic acids is 1. The molecular weight excluding hydrogens is 1200 g/mol. The van der Waals surface area contributed by atoms with Crippen LogP contribution in [0.25, 0.3) is 22.5 Å². The van der Waals surface area contributed by atoms with Gasteiger partial charge in [0, 0.05) is 54.9 Å². The fourth-order valence-corrected chi connectivity index (χ4v) is 9.48. The maximum atomic E-state index is 12.9. The monoisotopic (exact) mass is 1260 g/mol. The smallest absolute Gasteiger partial charge is 0.410 e. The van der Waals surface area contributed by atoms with Gasteiger partial charge in [0.1, 0.15) is 34.2 Å². The molecule has 2 atom stereocenters. The van der Waals surface area contributed by atoms with Gasteiger partial charge in [-0.15, -0.1) is 0 Å². The Kier molecular flexibility index (Phi) is 17.6. The minimum Gasteiger partial charge on any atom is -0.476 e. The number of nitrogen functional groups attached to an aromatic ring is 2. The van der Waals surface area contributed by atoms with E-state index < -0.39 is 47.3 Å². The van der Waals surface area contributed by atoms with Crippen molar-refractivity contribution in [1.82, 2.24) is 39.1 Å². The van der Waals surface area contributed by atoms with Crippen molar-refractivity contribution in [3.8, 4) is 22.5 Å². The number of ether oxygens (including phenoxy) is 2. The fourth-order valence-electron chi connectivity index (χ4n) is 8.57. The number of nitrogens with one attached hydrogen (secondary N) is 2. The third kappa shape index (κ3) is 13.7. The Morgan fingerprint density at radius 1 is 0.605 bits per heavy atom. The minimum absolute atomic E-state index is 0.00924. The van der Waals surface area contributed by atoms with Crippen LogP contribution in [0.3, 0.4) is 0 Å². The number of benzene rings is 2. The number of carboxylic acid groups (broad SMARTS) is 1. The average molecular weight is 1260 g/mol. The lowest BCUT2D eigenvalue weighted by atomic mass is 10.0. The topological polar surface area (TPSA) is 311 Å². The molecule has 400 valence electrons. The van der Waals surface area contributed by atoms with Gasteiger partial charge in [-0.1, -0.05) is 24.3 Å². The van der Waals surface area contributed by atoms with E-state index in [4.69, 9.17) is 26.9 Å². The number of hydrogen-bond donors (Lipinski definition) is 6. The number of piperidine rings is 2. The van der Waals surface area contributed by atoms with Crippen molar-refractivity contribution in [2.24, 2.45) is 5.73 Å². The van der Waals surface area contributed by atoms with Crippen LogP contribution in [-0.2, 0) is 9.47 Å². The molecular formula is C52H59I2N13O9. The van der Waals surface area contributed by atoms with E-state index in [1.54, 1.807) is 124 Å². The maximum absolute atomic E-state index is 12.9. The summed E-state index contributed by atoms with van der Waals surface area (Å²) in [6.45, 7) is 11.7. The van der Waals surface area contributed by atoms with Crippen LogP contribution in [0.2, 0.25) is 0 Å². The summed E-state index contributed by atoms with van der Waals surface area (Å²) in [6, 6.07) is 19.1. The van der Waals surface area contributed by atoms with E-state index in [2.05, 4.69) is 75.8 Å². The van der Waals surface area contributed by atoms with Gasteiger partial charge in [0.05, 0.1) is 12.1 Å². The molecule has 4 aromatic heterocycles. The molecule has 0 unspecified atom stereocenters. The molecule has 5 amide bonds. The highest BCUT2D eigenvalue weighted by molar-refractivity contribution is 14.1. The van der Waals surface area contributed by atoms with Crippen LogP contribution in [-0.4, -0.2) is 104 Å². The molecule has 6 aromatic rings. The molecule has 2 saturated heterocycles. The fraction of sp³-hybridized carbons (Fsp3) is 0.346. The molecule has 2 aliphatic heterocycles. The lowest BCUT2D eigenvalue weighted by molar-refractivity contribution is 0.00723. The standard InChI is InChI=1S/C26H30IN7O4.C26H29IN6O5/c1-26(2,3)38-25(37)33-13-5-4-6-18(33)23-32-20(21(22(28)35)34(23)29)15-7-9-16(10-8-15)24(36)31-19-14-17(27)11-12-30-19;1-26(2,3)38-25(37)32-13-5-4-6-18(32)22-31-20(21(24(35)36)33(22)28)15-7-9-16(10-8-15)23(34)30-19-14-17(27)11-12-29-19/h7-12,14,18H,4-6,13,29H2,1-3H3,(H2,28,35)(H,30,31,36);7-12,14,18H,4-6,13,28H2,1-3H3,(H,35,36)(H,29,30,34)/t2*18-/m00/s1. The molecule has 0 aliphatic carbocycles. The van der Waals surface area contributed by atoms with Gasteiger partial charge in [0.15, 0.2) is 23.0 Å². The predicted octanol–water partition coefficient (Wildman–Crippen LogP) is 8.75. The molecule has 76 heavy (non-hydrogen) atoms. The first-order valence-electron chi connectivity index (χ1n) is 24.2. The Balaban J connectivity index is 0.000000221. The van der Waals surface area contributed by atoms with Crippen molar-refractivity contribution in [3.05, 3.63) is 126 Å². The molecule has 6 heterocycles. The first-order chi connectivity index (χ1) is 35.9. The zero-order valence-corrected chi connectivity index (χ0v) is 47.0. The number of carbonyl (C=O) groups excluding carboxylic acids is 5. The molecule has 8 rings (SSSR count). The number of imidazole rings is 2. The highest BCUT2D eigenvalue weighted by Crippen LogP contribution is 2.37. The highest BCUT2D eigenvalue weighted by Gasteiger charge is 2.38. The second-order valence-electron chi connectivity index (χ2n) is 19.9. The number of aromatic nitrogens is 6. The number of anilines is 2. The maximum Gasteiger partial charge on any atom is 0.410 e. The van der Waals surface area contributed by atoms with Crippen LogP contribution >= 0.6 is 45.2 Å². The number of carboxylic acids is 1. The lowest BCUT2D eigenvalue weighted by Crippen LogP contribution is -2.43. The zero-order chi connectivity index (χ0) is 55.2. The molecule has 22 nitrogen and oxygen atoms in total. The van der Waals surface area contributed by atoms with Gasteiger partial charge < -0.3 is 42.6 Å². The summed E-state index contributed by atoms with van der Waals surface area (Å²) >= 11 is 4.27. The number of carbonyl (C=O) groups is 6. The number of amides is 5. The van der Waals surface area contributed by atoms with Crippen molar-refractivity contribution in [3.63, 3.8) is 0 Å². The Bertz CT molecular complexity index is 2940. The van der Waals surface area contributed by atoms with E-state index in [1.165, 1.54) is 0 Å². The van der Waals surface area contributed by atoms with Gasteiger partial charge >= 0.3 is 18.2 Å². The zero-order valence-electron chi connectivity index (χ0n) is 42.7. The molecule has 0 bridgehead atoms. The first-order valence-corrected chi connectivity index (χ1v) is 26.4.